The molecule has 0 aliphatic heterocycles. The van der Waals surface area contributed by atoms with Crippen LogP contribution < -0.4 is 0 Å². The Hall–Kier alpha value is -1.77. The number of carbonyl (C=O) groups is 1. The summed E-state index contributed by atoms with van der Waals surface area (Å²) in [5.41, 5.74) is 4.90. The summed E-state index contributed by atoms with van der Waals surface area (Å²) in [5, 5.41) is 0. The van der Waals surface area contributed by atoms with Crippen LogP contribution in [0.1, 0.15) is 85.1 Å². The molecule has 2 aromatic rings. The summed E-state index contributed by atoms with van der Waals surface area (Å²) in [7, 11) is 0. The highest BCUT2D eigenvalue weighted by atomic mass is 16.3. The average molecular weight is 330 g/mol. The molecule has 0 radical (unpaired) electrons. The number of rotatable bonds is 8. The van der Waals surface area contributed by atoms with Crippen LogP contribution in [-0.4, -0.2) is 5.78 Å². The zero-order valence-electron chi connectivity index (χ0n) is 15.9. The Kier molecular flexibility index (Phi) is 6.09. The lowest BCUT2D eigenvalue weighted by atomic mass is 9.90. The van der Waals surface area contributed by atoms with E-state index in [1.54, 1.807) is 12.5 Å². The molecular formula is C21H30O3. The van der Waals surface area contributed by atoms with E-state index in [1.807, 2.05) is 13.8 Å². The molecule has 2 aromatic heterocycles. The summed E-state index contributed by atoms with van der Waals surface area (Å²) in [6.07, 6.45) is 6.67. The van der Waals surface area contributed by atoms with Gasteiger partial charge in [-0.05, 0) is 74.6 Å². The lowest BCUT2D eigenvalue weighted by Crippen LogP contribution is -2.05. The van der Waals surface area contributed by atoms with Gasteiger partial charge in [-0.2, -0.15) is 0 Å². The van der Waals surface area contributed by atoms with E-state index in [4.69, 9.17) is 8.83 Å². The fourth-order valence-electron chi connectivity index (χ4n) is 3.80. The van der Waals surface area contributed by atoms with Crippen molar-refractivity contribution >= 4 is 5.78 Å². The van der Waals surface area contributed by atoms with Crippen molar-refractivity contribution in [2.24, 2.45) is 0 Å². The molecule has 3 heteroatoms. The molecule has 24 heavy (non-hydrogen) atoms. The molecule has 2 atom stereocenters. The third kappa shape index (κ3) is 4.19. The van der Waals surface area contributed by atoms with Crippen LogP contribution in [0.3, 0.4) is 0 Å². The largest absolute Gasteiger partial charge is 0.469 e. The van der Waals surface area contributed by atoms with Crippen LogP contribution in [-0.2, 0) is 4.79 Å². The van der Waals surface area contributed by atoms with Gasteiger partial charge in [0.25, 0.3) is 0 Å². The third-order valence-electron chi connectivity index (χ3n) is 5.13. The summed E-state index contributed by atoms with van der Waals surface area (Å²) >= 11 is 0. The number of Topliss-reactive ketones (excluding diaryl/α,β-unsaturated/α-hetero) is 1. The van der Waals surface area contributed by atoms with Gasteiger partial charge in [-0.1, -0.05) is 13.8 Å². The van der Waals surface area contributed by atoms with Crippen molar-refractivity contribution in [2.45, 2.75) is 79.1 Å². The Bertz CT molecular complexity index is 593. The summed E-state index contributed by atoms with van der Waals surface area (Å²) in [4.78, 5) is 12.3. The fourth-order valence-corrected chi connectivity index (χ4v) is 3.80. The van der Waals surface area contributed by atoms with E-state index in [2.05, 4.69) is 27.7 Å². The molecule has 0 amide bonds. The minimum atomic E-state index is 0.353. The van der Waals surface area contributed by atoms with E-state index >= 15 is 0 Å². The molecule has 0 spiro atoms. The van der Waals surface area contributed by atoms with E-state index in [0.29, 0.717) is 30.5 Å². The first-order valence-electron chi connectivity index (χ1n) is 8.92. The minimum absolute atomic E-state index is 0.353. The maximum Gasteiger partial charge on any atom is 0.132 e. The molecule has 0 N–H and O–H groups in total. The lowest BCUT2D eigenvalue weighted by Gasteiger charge is -2.13. The van der Waals surface area contributed by atoms with Crippen LogP contribution in [0.4, 0.5) is 0 Å². The summed E-state index contributed by atoms with van der Waals surface area (Å²) in [6.45, 7) is 12.5. The van der Waals surface area contributed by atoms with Crippen LogP contribution >= 0.6 is 0 Å². The predicted octanol–water partition coefficient (Wildman–Crippen LogP) is 6.14. The Labute approximate surface area is 145 Å². The van der Waals surface area contributed by atoms with Crippen LogP contribution in [0.25, 0.3) is 0 Å². The van der Waals surface area contributed by atoms with Crippen LogP contribution in [0.2, 0.25) is 0 Å². The van der Waals surface area contributed by atoms with Crippen LogP contribution in [0, 0.1) is 27.7 Å². The van der Waals surface area contributed by atoms with Gasteiger partial charge in [-0.15, -0.1) is 0 Å². The number of carbonyl (C=O) groups excluding carboxylic acids is 1. The van der Waals surface area contributed by atoms with Gasteiger partial charge in [0.15, 0.2) is 0 Å². The molecule has 3 nitrogen and oxygen atoms in total. The zero-order valence-corrected chi connectivity index (χ0v) is 15.9. The summed E-state index contributed by atoms with van der Waals surface area (Å²) in [5.74, 6) is 3.04. The van der Waals surface area contributed by atoms with Gasteiger partial charge in [0, 0.05) is 12.8 Å². The Morgan fingerprint density at radius 1 is 0.833 bits per heavy atom. The summed E-state index contributed by atoms with van der Waals surface area (Å²) in [6, 6.07) is 0. The highest BCUT2D eigenvalue weighted by Gasteiger charge is 2.18. The maximum atomic E-state index is 12.3. The number of ketones is 1. The molecule has 132 valence electrons. The van der Waals surface area contributed by atoms with Crippen molar-refractivity contribution in [2.75, 3.05) is 0 Å². The molecule has 0 aliphatic rings. The van der Waals surface area contributed by atoms with Gasteiger partial charge in [-0.3, -0.25) is 4.79 Å². The monoisotopic (exact) mass is 330 g/mol. The van der Waals surface area contributed by atoms with E-state index in [-0.39, 0.29) is 0 Å². The number of furan rings is 2. The quantitative estimate of drug-likeness (QED) is 0.583. The Morgan fingerprint density at radius 3 is 1.50 bits per heavy atom. The first-order chi connectivity index (χ1) is 11.3. The van der Waals surface area contributed by atoms with Crippen molar-refractivity contribution in [1.82, 2.24) is 0 Å². The Balaban J connectivity index is 1.82. The number of hydrogen-bond donors (Lipinski definition) is 0. The molecule has 0 saturated heterocycles. The minimum Gasteiger partial charge on any atom is -0.469 e. The number of aryl methyl sites for hydroxylation is 4. The third-order valence-corrected chi connectivity index (χ3v) is 5.13. The lowest BCUT2D eigenvalue weighted by molar-refractivity contribution is -0.119. The van der Waals surface area contributed by atoms with Gasteiger partial charge in [-0.25, -0.2) is 0 Å². The van der Waals surface area contributed by atoms with Crippen molar-refractivity contribution in [3.8, 4) is 0 Å². The highest BCUT2D eigenvalue weighted by molar-refractivity contribution is 5.78. The van der Waals surface area contributed by atoms with E-state index < -0.39 is 0 Å². The van der Waals surface area contributed by atoms with Gasteiger partial charge in [0.2, 0.25) is 0 Å². The predicted molar refractivity (Wildman–Crippen MR) is 96.7 cm³/mol. The van der Waals surface area contributed by atoms with E-state index in [0.717, 1.165) is 24.4 Å². The second kappa shape index (κ2) is 7.87. The summed E-state index contributed by atoms with van der Waals surface area (Å²) < 4.78 is 10.9. The highest BCUT2D eigenvalue weighted by Crippen LogP contribution is 2.30. The second-order valence-electron chi connectivity index (χ2n) is 7.20. The van der Waals surface area contributed by atoms with Gasteiger partial charge < -0.3 is 8.83 Å². The van der Waals surface area contributed by atoms with Gasteiger partial charge in [0.05, 0.1) is 12.5 Å². The fraction of sp³-hybridized carbons (Fsp3) is 0.571. The maximum absolute atomic E-state index is 12.3. The van der Waals surface area contributed by atoms with Crippen molar-refractivity contribution in [1.29, 1.82) is 0 Å². The second-order valence-corrected chi connectivity index (χ2v) is 7.20. The average Bonchev–Trinajstić information content (AvgIpc) is 3.04. The topological polar surface area (TPSA) is 43.4 Å². The molecule has 0 aliphatic carbocycles. The van der Waals surface area contributed by atoms with Crippen LogP contribution in [0.15, 0.2) is 21.4 Å². The molecule has 0 saturated carbocycles. The molecule has 2 rings (SSSR count). The first-order valence-corrected chi connectivity index (χ1v) is 8.92. The molecule has 0 fully saturated rings. The molecule has 2 heterocycles. The van der Waals surface area contributed by atoms with Crippen molar-refractivity contribution in [3.63, 3.8) is 0 Å². The standard InChI is InChI=1S/C21H30O3/c1-13(20-15(3)11-23-17(20)5)7-9-19(22)10-8-14(2)21-16(4)12-24-18(21)6/h11-14H,7-10H2,1-6H3. The molecule has 0 bridgehead atoms. The van der Waals surface area contributed by atoms with Crippen molar-refractivity contribution < 1.29 is 13.6 Å². The van der Waals surface area contributed by atoms with Gasteiger partial charge in [0.1, 0.15) is 17.3 Å². The molecule has 0 aromatic carbocycles. The smallest absolute Gasteiger partial charge is 0.132 e. The molecular weight excluding hydrogens is 300 g/mol. The van der Waals surface area contributed by atoms with Crippen LogP contribution in [0.5, 0.6) is 0 Å². The number of hydrogen-bond acceptors (Lipinski definition) is 3. The van der Waals surface area contributed by atoms with Gasteiger partial charge >= 0.3 is 0 Å². The van der Waals surface area contributed by atoms with E-state index in [9.17, 15) is 4.79 Å². The zero-order chi connectivity index (χ0) is 17.9. The normalized spacial score (nSPS) is 13.9. The molecule has 2 unspecified atom stereocenters. The Morgan fingerprint density at radius 2 is 1.21 bits per heavy atom. The van der Waals surface area contributed by atoms with E-state index in [1.165, 1.54) is 22.3 Å². The first kappa shape index (κ1) is 18.6. The van der Waals surface area contributed by atoms with Crippen molar-refractivity contribution in [3.05, 3.63) is 46.3 Å². The SMILES string of the molecule is Cc1coc(C)c1C(C)CCC(=O)CCC(C)c1c(C)coc1C.